The minimum atomic E-state index is -0.507. The molecular formula is C14H15NO2. The van der Waals surface area contributed by atoms with Crippen LogP contribution in [0.2, 0.25) is 0 Å². The number of carbonyl (C=O) groups is 1. The van der Waals surface area contributed by atoms with Crippen LogP contribution in [0.25, 0.3) is 0 Å². The van der Waals surface area contributed by atoms with Crippen LogP contribution in [-0.4, -0.2) is 11.8 Å². The maximum absolute atomic E-state index is 12.2. The number of nitrogens with one attached hydrogen (secondary N) is 1. The Labute approximate surface area is 100 Å². The molecule has 1 aliphatic heterocycles. The first-order valence-corrected chi connectivity index (χ1v) is 6.15. The molecule has 0 amide bonds. The van der Waals surface area contributed by atoms with Crippen LogP contribution in [0.1, 0.15) is 36.0 Å². The number of benzene rings is 1. The van der Waals surface area contributed by atoms with E-state index in [-0.39, 0.29) is 10.8 Å². The van der Waals surface area contributed by atoms with Crippen molar-refractivity contribution in [2.45, 2.75) is 31.7 Å². The zero-order chi connectivity index (χ0) is 11.8. The summed E-state index contributed by atoms with van der Waals surface area (Å²) < 4.78 is 0. The Kier molecular flexibility index (Phi) is 2.57. The third-order valence-corrected chi connectivity index (χ3v) is 3.68. The summed E-state index contributed by atoms with van der Waals surface area (Å²) in [7, 11) is 0. The summed E-state index contributed by atoms with van der Waals surface area (Å²) in [6, 6.07) is 6.66. The van der Waals surface area contributed by atoms with E-state index in [1.807, 2.05) is 12.1 Å². The first kappa shape index (κ1) is 10.7. The molecule has 2 unspecified atom stereocenters. The number of hydroxylamine groups is 1. The van der Waals surface area contributed by atoms with Crippen molar-refractivity contribution in [3.8, 4) is 0 Å². The van der Waals surface area contributed by atoms with Crippen molar-refractivity contribution < 1.29 is 9.86 Å². The van der Waals surface area contributed by atoms with Crippen molar-refractivity contribution >= 4 is 11.5 Å². The summed E-state index contributed by atoms with van der Waals surface area (Å²) in [5.41, 5.74) is 2.25. The predicted octanol–water partition coefficient (Wildman–Crippen LogP) is 1.77. The van der Waals surface area contributed by atoms with Crippen LogP contribution in [0.15, 0.2) is 35.9 Å². The molecule has 0 fully saturated rings. The van der Waals surface area contributed by atoms with Gasteiger partial charge in [0, 0.05) is 6.07 Å². The van der Waals surface area contributed by atoms with Crippen LogP contribution in [0, 0.1) is 5.21 Å². The van der Waals surface area contributed by atoms with E-state index in [2.05, 4.69) is 6.08 Å². The van der Waals surface area contributed by atoms with Gasteiger partial charge in [-0.2, -0.15) is 0 Å². The molecule has 2 aliphatic rings. The fourth-order valence-corrected chi connectivity index (χ4v) is 2.80. The summed E-state index contributed by atoms with van der Waals surface area (Å²) in [4.78, 5) is 12.2. The number of hydrogen-bond donors (Lipinski definition) is 1. The Morgan fingerprint density at radius 3 is 2.76 bits per heavy atom. The SMILES string of the molecule is O=C1c2ccccc2[NH+]([O-])C1C1=CCCCC1. The molecule has 3 rings (SSSR count). The molecule has 0 aromatic heterocycles. The van der Waals surface area contributed by atoms with Crippen LogP contribution in [-0.2, 0) is 0 Å². The number of carbonyl (C=O) groups excluding carboxylic acids is 1. The molecular weight excluding hydrogens is 214 g/mol. The quantitative estimate of drug-likeness (QED) is 0.589. The van der Waals surface area contributed by atoms with Crippen LogP contribution >= 0.6 is 0 Å². The lowest BCUT2D eigenvalue weighted by Gasteiger charge is -2.26. The summed E-state index contributed by atoms with van der Waals surface area (Å²) in [5.74, 6) is -0.00116. The standard InChI is InChI=1S/C14H15NO2/c16-14-11-8-4-5-9-12(11)15(17)13(14)10-6-2-1-3-7-10/h4-6,8-9,13,15H,1-3,7H2. The van der Waals surface area contributed by atoms with Gasteiger partial charge >= 0.3 is 0 Å². The predicted molar refractivity (Wildman–Crippen MR) is 65.1 cm³/mol. The Morgan fingerprint density at radius 1 is 1.24 bits per heavy atom. The molecule has 0 saturated heterocycles. The van der Waals surface area contributed by atoms with Crippen molar-refractivity contribution in [1.29, 1.82) is 0 Å². The normalized spacial score (nSPS) is 27.8. The third-order valence-electron chi connectivity index (χ3n) is 3.68. The Bertz CT molecular complexity index is 493. The van der Waals surface area contributed by atoms with E-state index in [4.69, 9.17) is 0 Å². The fourth-order valence-electron chi connectivity index (χ4n) is 2.80. The van der Waals surface area contributed by atoms with Crippen LogP contribution in [0.4, 0.5) is 5.69 Å². The molecule has 17 heavy (non-hydrogen) atoms. The first-order valence-electron chi connectivity index (χ1n) is 6.15. The van der Waals surface area contributed by atoms with Gasteiger partial charge in [-0.05, 0) is 37.3 Å². The monoisotopic (exact) mass is 229 g/mol. The zero-order valence-electron chi connectivity index (χ0n) is 9.61. The Balaban J connectivity index is 2.00. The van der Waals surface area contributed by atoms with E-state index in [9.17, 15) is 10.0 Å². The maximum atomic E-state index is 12.2. The molecule has 3 heteroatoms. The van der Waals surface area contributed by atoms with Crippen LogP contribution in [0.3, 0.4) is 0 Å². The second-order valence-corrected chi connectivity index (χ2v) is 4.73. The highest BCUT2D eigenvalue weighted by Crippen LogP contribution is 2.27. The summed E-state index contributed by atoms with van der Waals surface area (Å²) in [5, 5.41) is 12.2. The molecule has 1 N–H and O–H groups in total. The van der Waals surface area contributed by atoms with Gasteiger partial charge < -0.3 is 10.3 Å². The van der Waals surface area contributed by atoms with Crippen LogP contribution < -0.4 is 5.06 Å². The molecule has 1 aliphatic carbocycles. The van der Waals surface area contributed by atoms with E-state index >= 15 is 0 Å². The largest absolute Gasteiger partial charge is 0.628 e. The van der Waals surface area contributed by atoms with Gasteiger partial charge in [0.2, 0.25) is 5.78 Å². The second kappa shape index (κ2) is 4.09. The highest BCUT2D eigenvalue weighted by atomic mass is 16.5. The molecule has 1 aromatic rings. The van der Waals surface area contributed by atoms with E-state index in [0.29, 0.717) is 11.3 Å². The van der Waals surface area contributed by atoms with Crippen molar-refractivity contribution in [2.75, 3.05) is 0 Å². The number of para-hydroxylation sites is 1. The molecule has 2 atom stereocenters. The average molecular weight is 229 g/mol. The second-order valence-electron chi connectivity index (χ2n) is 4.73. The molecule has 0 bridgehead atoms. The third kappa shape index (κ3) is 1.63. The summed E-state index contributed by atoms with van der Waals surface area (Å²) >= 11 is 0. The Morgan fingerprint density at radius 2 is 2.06 bits per heavy atom. The van der Waals surface area contributed by atoms with Crippen LogP contribution in [0.5, 0.6) is 0 Å². The lowest BCUT2D eigenvalue weighted by molar-refractivity contribution is -0.784. The van der Waals surface area contributed by atoms with Crippen molar-refractivity contribution in [3.05, 3.63) is 46.7 Å². The molecule has 0 saturated carbocycles. The molecule has 88 valence electrons. The first-order chi connectivity index (χ1) is 8.29. The molecule has 0 radical (unpaired) electrons. The minimum Gasteiger partial charge on any atom is -0.628 e. The number of Topliss-reactive ketones (excluding diaryl/α,β-unsaturated/α-hetero) is 1. The topological polar surface area (TPSA) is 44.6 Å². The molecule has 0 spiro atoms. The van der Waals surface area contributed by atoms with Crippen molar-refractivity contribution in [2.24, 2.45) is 0 Å². The average Bonchev–Trinajstić information content (AvgIpc) is 2.64. The molecule has 1 heterocycles. The number of hydrogen-bond acceptors (Lipinski definition) is 2. The van der Waals surface area contributed by atoms with Crippen molar-refractivity contribution in [1.82, 2.24) is 0 Å². The lowest BCUT2D eigenvalue weighted by Crippen LogP contribution is -3.06. The van der Waals surface area contributed by atoms with Gasteiger partial charge in [-0.3, -0.25) is 4.79 Å². The van der Waals surface area contributed by atoms with E-state index in [1.54, 1.807) is 12.1 Å². The molecule has 1 aromatic carbocycles. The highest BCUT2D eigenvalue weighted by molar-refractivity contribution is 6.06. The number of ketones is 1. The van der Waals surface area contributed by atoms with Gasteiger partial charge in [0.25, 0.3) is 0 Å². The van der Waals surface area contributed by atoms with Gasteiger partial charge in [-0.1, -0.05) is 18.2 Å². The number of fused-ring (bicyclic) bond motifs is 1. The number of allylic oxidation sites excluding steroid dienone is 1. The van der Waals surface area contributed by atoms with Gasteiger partial charge in [0.1, 0.15) is 5.69 Å². The van der Waals surface area contributed by atoms with Crippen molar-refractivity contribution in [3.63, 3.8) is 0 Å². The van der Waals surface area contributed by atoms with Gasteiger partial charge in [0.15, 0.2) is 6.04 Å². The fraction of sp³-hybridized carbons (Fsp3) is 0.357. The minimum absolute atomic E-state index is 0.00116. The number of rotatable bonds is 1. The van der Waals surface area contributed by atoms with E-state index in [1.165, 1.54) is 6.42 Å². The van der Waals surface area contributed by atoms with Gasteiger partial charge in [-0.25, -0.2) is 0 Å². The van der Waals surface area contributed by atoms with Gasteiger partial charge in [0.05, 0.1) is 5.56 Å². The molecule has 3 nitrogen and oxygen atoms in total. The van der Waals surface area contributed by atoms with E-state index in [0.717, 1.165) is 24.8 Å². The number of quaternary nitrogens is 1. The Hall–Kier alpha value is -1.45. The summed E-state index contributed by atoms with van der Waals surface area (Å²) in [6.07, 6.45) is 6.26. The van der Waals surface area contributed by atoms with Gasteiger partial charge in [-0.15, -0.1) is 0 Å². The smallest absolute Gasteiger partial charge is 0.231 e. The summed E-state index contributed by atoms with van der Waals surface area (Å²) in [6.45, 7) is 0. The lowest BCUT2D eigenvalue weighted by atomic mass is 9.91. The van der Waals surface area contributed by atoms with E-state index < -0.39 is 6.04 Å². The maximum Gasteiger partial charge on any atom is 0.231 e. The highest BCUT2D eigenvalue weighted by Gasteiger charge is 2.40. The zero-order valence-corrected chi connectivity index (χ0v) is 9.61.